The zero-order valence-corrected chi connectivity index (χ0v) is 51.3. The van der Waals surface area contributed by atoms with Crippen molar-refractivity contribution in [1.29, 1.82) is 0 Å². The van der Waals surface area contributed by atoms with Gasteiger partial charge in [-0.2, -0.15) is 0 Å². The summed E-state index contributed by atoms with van der Waals surface area (Å²) in [5.74, 6) is -0.00548. The van der Waals surface area contributed by atoms with Crippen LogP contribution in [0.1, 0.15) is 406 Å². The molecule has 0 saturated carbocycles. The summed E-state index contributed by atoms with van der Waals surface area (Å²) in [7, 11) is 0. The zero-order valence-electron chi connectivity index (χ0n) is 51.3. The largest absolute Gasteiger partial charge is 0.466 e. The van der Waals surface area contributed by atoms with Crippen molar-refractivity contribution >= 4 is 11.9 Å². The van der Waals surface area contributed by atoms with Gasteiger partial charge in [-0.1, -0.05) is 367 Å². The van der Waals surface area contributed by atoms with Crippen molar-refractivity contribution in [3.63, 3.8) is 0 Å². The van der Waals surface area contributed by atoms with Crippen LogP contribution in [0, 0.1) is 0 Å². The van der Waals surface area contributed by atoms with Gasteiger partial charge < -0.3 is 20.3 Å². The quantitative estimate of drug-likeness (QED) is 0.0417. The van der Waals surface area contributed by atoms with Gasteiger partial charge in [0.05, 0.1) is 25.4 Å². The minimum atomic E-state index is -0.659. The molecule has 6 nitrogen and oxygen atoms in total. The Balaban J connectivity index is 3.29. The predicted octanol–water partition coefficient (Wildman–Crippen LogP) is 22.2. The highest BCUT2D eigenvalue weighted by atomic mass is 16.5. The van der Waals surface area contributed by atoms with Gasteiger partial charge in [-0.05, 0) is 25.7 Å². The van der Waals surface area contributed by atoms with E-state index in [0.29, 0.717) is 25.9 Å². The van der Waals surface area contributed by atoms with E-state index >= 15 is 0 Å². The van der Waals surface area contributed by atoms with Crippen molar-refractivity contribution in [3.8, 4) is 0 Å². The van der Waals surface area contributed by atoms with E-state index < -0.39 is 12.1 Å². The van der Waals surface area contributed by atoms with Gasteiger partial charge in [-0.3, -0.25) is 9.59 Å². The van der Waals surface area contributed by atoms with Crippen molar-refractivity contribution in [2.45, 2.75) is 418 Å². The first kappa shape index (κ1) is 73.9. The molecule has 0 bridgehead atoms. The minimum absolute atomic E-state index is 0.0247. The molecule has 3 N–H and O–H groups in total. The number of ether oxygens (including phenoxy) is 1. The second-order valence-corrected chi connectivity index (χ2v) is 24.2. The highest BCUT2D eigenvalue weighted by Crippen LogP contribution is 2.19. The third-order valence-electron chi connectivity index (χ3n) is 16.7. The Bertz CT molecular complexity index is 1080. The van der Waals surface area contributed by atoms with E-state index in [1.54, 1.807) is 0 Å². The Morgan fingerprint density at radius 2 is 0.547 bits per heavy atom. The van der Waals surface area contributed by atoms with Crippen molar-refractivity contribution in [1.82, 2.24) is 5.32 Å². The molecular weight excluding hydrogens is 923 g/mol. The van der Waals surface area contributed by atoms with Crippen LogP contribution in [0.25, 0.3) is 0 Å². The van der Waals surface area contributed by atoms with E-state index in [1.165, 1.54) is 334 Å². The molecule has 448 valence electrons. The maximum absolute atomic E-state index is 12.5. The molecule has 0 aromatic carbocycles. The lowest BCUT2D eigenvalue weighted by Crippen LogP contribution is -2.45. The van der Waals surface area contributed by atoms with Crippen LogP contribution in [0.15, 0.2) is 0 Å². The van der Waals surface area contributed by atoms with E-state index in [2.05, 4.69) is 19.2 Å². The van der Waals surface area contributed by atoms with Gasteiger partial charge in [0.1, 0.15) is 0 Å². The molecule has 2 unspecified atom stereocenters. The maximum Gasteiger partial charge on any atom is 0.305 e. The Labute approximate surface area is 470 Å². The molecule has 0 aromatic heterocycles. The Kier molecular flexibility index (Phi) is 64.4. The Morgan fingerprint density at radius 1 is 0.320 bits per heavy atom. The standard InChI is InChI=1S/C69H137NO5/c1-3-5-7-9-11-13-15-16-17-18-29-33-36-39-43-47-51-55-59-63-69(74)75-64-60-56-52-48-44-40-37-34-31-28-26-24-22-20-19-21-23-25-27-30-32-35-38-42-46-50-54-58-62-68(73)70-66(65-71)67(72)61-57-53-49-45-41-14-12-10-8-6-4-2/h66-67,71-72H,3-65H2,1-2H3,(H,70,73). The molecule has 0 aromatic rings. The summed E-state index contributed by atoms with van der Waals surface area (Å²) in [4.78, 5) is 24.6. The molecule has 1 amide bonds. The first-order valence-corrected chi connectivity index (χ1v) is 34.8. The minimum Gasteiger partial charge on any atom is -0.466 e. The van der Waals surface area contributed by atoms with Crippen molar-refractivity contribution in [2.75, 3.05) is 13.2 Å². The monoisotopic (exact) mass is 1060 g/mol. The lowest BCUT2D eigenvalue weighted by molar-refractivity contribution is -0.143. The summed E-state index contributed by atoms with van der Waals surface area (Å²) in [6.07, 6.45) is 78.7. The van der Waals surface area contributed by atoms with E-state index in [-0.39, 0.29) is 18.5 Å². The normalized spacial score (nSPS) is 12.4. The summed E-state index contributed by atoms with van der Waals surface area (Å²) >= 11 is 0. The number of amides is 1. The number of aliphatic hydroxyl groups is 2. The van der Waals surface area contributed by atoms with Crippen LogP contribution in [0.3, 0.4) is 0 Å². The van der Waals surface area contributed by atoms with Crippen LogP contribution in [-0.2, 0) is 14.3 Å². The van der Waals surface area contributed by atoms with Crippen LogP contribution in [0.4, 0.5) is 0 Å². The SMILES string of the molecule is CCCCCCCCCCCCCCCCCCCCCC(=O)OCCCCCCCCCCCCCCCCCCCCCCCCCCCCCCC(=O)NC(CO)C(O)CCCCCCCCCCCCC. The van der Waals surface area contributed by atoms with E-state index in [4.69, 9.17) is 4.74 Å². The molecule has 0 aliphatic rings. The fraction of sp³-hybridized carbons (Fsp3) is 0.971. The first-order chi connectivity index (χ1) is 37.0. The highest BCUT2D eigenvalue weighted by molar-refractivity contribution is 5.76. The molecule has 0 heterocycles. The second-order valence-electron chi connectivity index (χ2n) is 24.2. The molecule has 0 fully saturated rings. The molecule has 0 rings (SSSR count). The topological polar surface area (TPSA) is 95.9 Å². The lowest BCUT2D eigenvalue weighted by atomic mass is 10.0. The highest BCUT2D eigenvalue weighted by Gasteiger charge is 2.20. The average molecular weight is 1060 g/mol. The number of hydrogen-bond acceptors (Lipinski definition) is 5. The molecule has 0 aliphatic carbocycles. The number of nitrogens with one attached hydrogen (secondary N) is 1. The number of hydrogen-bond donors (Lipinski definition) is 3. The second kappa shape index (κ2) is 65.4. The van der Waals surface area contributed by atoms with Crippen molar-refractivity contribution in [3.05, 3.63) is 0 Å². The Morgan fingerprint density at radius 3 is 0.813 bits per heavy atom. The van der Waals surface area contributed by atoms with Crippen LogP contribution >= 0.6 is 0 Å². The molecule has 0 aliphatic heterocycles. The number of esters is 1. The zero-order chi connectivity index (χ0) is 54.3. The number of unbranched alkanes of at least 4 members (excludes halogenated alkanes) is 55. The van der Waals surface area contributed by atoms with Gasteiger partial charge in [0.25, 0.3) is 0 Å². The lowest BCUT2D eigenvalue weighted by Gasteiger charge is -2.22. The van der Waals surface area contributed by atoms with Crippen molar-refractivity contribution in [2.24, 2.45) is 0 Å². The van der Waals surface area contributed by atoms with Crippen LogP contribution < -0.4 is 5.32 Å². The number of aliphatic hydroxyl groups excluding tert-OH is 2. The van der Waals surface area contributed by atoms with Gasteiger partial charge in [-0.15, -0.1) is 0 Å². The van der Waals surface area contributed by atoms with Gasteiger partial charge in [-0.25, -0.2) is 0 Å². The third kappa shape index (κ3) is 61.9. The molecule has 0 spiro atoms. The van der Waals surface area contributed by atoms with Crippen molar-refractivity contribution < 1.29 is 24.5 Å². The molecule has 75 heavy (non-hydrogen) atoms. The van der Waals surface area contributed by atoms with Gasteiger partial charge in [0.2, 0.25) is 5.91 Å². The summed E-state index contributed by atoms with van der Waals surface area (Å²) < 4.78 is 5.52. The number of carbonyl (C=O) groups is 2. The number of carbonyl (C=O) groups excluding carboxylic acids is 2. The van der Waals surface area contributed by atoms with E-state index in [1.807, 2.05) is 0 Å². The molecule has 6 heteroatoms. The van der Waals surface area contributed by atoms with E-state index in [9.17, 15) is 19.8 Å². The third-order valence-corrected chi connectivity index (χ3v) is 16.7. The predicted molar refractivity (Wildman–Crippen MR) is 329 cm³/mol. The average Bonchev–Trinajstić information content (AvgIpc) is 3.41. The maximum atomic E-state index is 12.5. The van der Waals surface area contributed by atoms with E-state index in [0.717, 1.165) is 38.5 Å². The summed E-state index contributed by atoms with van der Waals surface area (Å²) in [5.41, 5.74) is 0. The fourth-order valence-electron chi connectivity index (χ4n) is 11.4. The van der Waals surface area contributed by atoms with Crippen LogP contribution in [0.5, 0.6) is 0 Å². The fourth-order valence-corrected chi connectivity index (χ4v) is 11.4. The van der Waals surface area contributed by atoms with Gasteiger partial charge >= 0.3 is 5.97 Å². The van der Waals surface area contributed by atoms with Crippen LogP contribution in [-0.4, -0.2) is 47.4 Å². The molecule has 2 atom stereocenters. The summed E-state index contributed by atoms with van der Waals surface area (Å²) in [6, 6.07) is -0.536. The molecule has 0 radical (unpaired) electrons. The summed E-state index contributed by atoms with van der Waals surface area (Å²) in [6.45, 7) is 4.99. The first-order valence-electron chi connectivity index (χ1n) is 34.8. The molecule has 0 saturated heterocycles. The Hall–Kier alpha value is -1.14. The van der Waals surface area contributed by atoms with Gasteiger partial charge in [0, 0.05) is 12.8 Å². The van der Waals surface area contributed by atoms with Gasteiger partial charge in [0.15, 0.2) is 0 Å². The van der Waals surface area contributed by atoms with Crippen LogP contribution in [0.2, 0.25) is 0 Å². The molecular formula is C69H137NO5. The number of rotatable bonds is 66. The summed E-state index contributed by atoms with van der Waals surface area (Å²) in [5, 5.41) is 23.2. The smallest absolute Gasteiger partial charge is 0.305 e.